The molecular formula is C12H22NO5P. The second-order valence-corrected chi connectivity index (χ2v) is 7.49. The summed E-state index contributed by atoms with van der Waals surface area (Å²) in [4.78, 5) is 29.1. The van der Waals surface area contributed by atoms with Crippen molar-refractivity contribution in [3.8, 4) is 0 Å². The molecule has 0 saturated heterocycles. The third-order valence-electron chi connectivity index (χ3n) is 4.55. The van der Waals surface area contributed by atoms with Gasteiger partial charge in [0.25, 0.3) is 0 Å². The highest BCUT2D eigenvalue weighted by Crippen LogP contribution is 2.43. The largest absolute Gasteiger partial charge is 0.480 e. The first-order chi connectivity index (χ1) is 8.88. The molecule has 0 radical (unpaired) electrons. The van der Waals surface area contributed by atoms with Gasteiger partial charge in [-0.1, -0.05) is 19.3 Å². The van der Waals surface area contributed by atoms with Crippen molar-refractivity contribution in [3.63, 3.8) is 0 Å². The Bertz CT molecular complexity index is 368. The molecule has 3 unspecified atom stereocenters. The second-order valence-electron chi connectivity index (χ2n) is 5.80. The lowest BCUT2D eigenvalue weighted by Gasteiger charge is -2.22. The Balaban J connectivity index is 1.95. The van der Waals surface area contributed by atoms with E-state index in [1.165, 1.54) is 19.3 Å². The summed E-state index contributed by atoms with van der Waals surface area (Å²) in [5.41, 5.74) is 0. The van der Waals surface area contributed by atoms with Gasteiger partial charge in [-0.05, 0) is 37.5 Å². The van der Waals surface area contributed by atoms with Gasteiger partial charge < -0.3 is 14.9 Å². The van der Waals surface area contributed by atoms with E-state index >= 15 is 0 Å². The molecule has 0 heterocycles. The van der Waals surface area contributed by atoms with Gasteiger partial charge in [-0.3, -0.25) is 9.88 Å². The van der Waals surface area contributed by atoms with E-state index < -0.39 is 19.3 Å². The van der Waals surface area contributed by atoms with Gasteiger partial charge in [0.2, 0.25) is 5.78 Å². The molecule has 3 atom stereocenters. The third-order valence-corrected chi connectivity index (χ3v) is 5.59. The van der Waals surface area contributed by atoms with Crippen molar-refractivity contribution in [2.24, 2.45) is 11.8 Å². The second kappa shape index (κ2) is 5.92. The van der Waals surface area contributed by atoms with E-state index in [-0.39, 0.29) is 6.04 Å². The first-order valence-corrected chi connectivity index (χ1v) is 8.60. The topological polar surface area (TPSA) is 107 Å². The van der Waals surface area contributed by atoms with Crippen LogP contribution in [0.3, 0.4) is 0 Å². The van der Waals surface area contributed by atoms with Crippen molar-refractivity contribution in [2.75, 3.05) is 0 Å². The molecule has 7 heteroatoms. The zero-order valence-electron chi connectivity index (χ0n) is 10.9. The fraction of sp³-hybridized carbons (Fsp3) is 0.917. The summed E-state index contributed by atoms with van der Waals surface area (Å²) in [6, 6.07) is -0.0978. The van der Waals surface area contributed by atoms with E-state index in [2.05, 4.69) is 5.32 Å². The molecule has 110 valence electrons. The van der Waals surface area contributed by atoms with Crippen LogP contribution in [0.15, 0.2) is 0 Å². The molecule has 0 aliphatic heterocycles. The highest BCUT2D eigenvalue weighted by atomic mass is 31.2. The Morgan fingerprint density at radius 3 is 2.00 bits per heavy atom. The number of carboxylic acid groups (broad SMARTS) is 1. The molecule has 0 aromatic heterocycles. The van der Waals surface area contributed by atoms with Crippen LogP contribution in [0.2, 0.25) is 0 Å². The van der Waals surface area contributed by atoms with E-state index in [1.807, 2.05) is 0 Å². The van der Waals surface area contributed by atoms with Crippen LogP contribution in [0.5, 0.6) is 0 Å². The van der Waals surface area contributed by atoms with Crippen molar-refractivity contribution >= 4 is 13.6 Å². The molecular weight excluding hydrogens is 269 g/mol. The van der Waals surface area contributed by atoms with Crippen LogP contribution in [-0.2, 0) is 9.36 Å². The van der Waals surface area contributed by atoms with E-state index in [9.17, 15) is 9.36 Å². The molecule has 0 aromatic carbocycles. The Hall–Kier alpha value is -0.420. The van der Waals surface area contributed by atoms with E-state index in [1.54, 1.807) is 0 Å². The van der Waals surface area contributed by atoms with Gasteiger partial charge in [0.1, 0.15) is 0 Å². The van der Waals surface area contributed by atoms with Crippen LogP contribution in [0, 0.1) is 11.8 Å². The predicted molar refractivity (Wildman–Crippen MR) is 69.7 cm³/mol. The van der Waals surface area contributed by atoms with Crippen molar-refractivity contribution in [2.45, 2.75) is 56.8 Å². The van der Waals surface area contributed by atoms with Crippen molar-refractivity contribution in [1.29, 1.82) is 0 Å². The molecule has 0 spiro atoms. The monoisotopic (exact) mass is 291 g/mol. The normalized spacial score (nSPS) is 33.5. The Morgan fingerprint density at radius 2 is 1.58 bits per heavy atom. The maximum atomic E-state index is 11.2. The number of hydrogen-bond donors (Lipinski definition) is 4. The van der Waals surface area contributed by atoms with Gasteiger partial charge in [0.15, 0.2) is 0 Å². The number of hydrogen-bond acceptors (Lipinski definition) is 3. The first kappa shape index (κ1) is 15.0. The average molecular weight is 291 g/mol. The van der Waals surface area contributed by atoms with Gasteiger partial charge in [-0.15, -0.1) is 0 Å². The number of carbonyl (C=O) groups is 1. The molecule has 0 amide bonds. The van der Waals surface area contributed by atoms with Gasteiger partial charge in [-0.2, -0.15) is 0 Å². The lowest BCUT2D eigenvalue weighted by Crippen LogP contribution is -2.43. The molecule has 2 fully saturated rings. The molecule has 2 aliphatic rings. The number of aliphatic carboxylic acids is 1. The summed E-state index contributed by atoms with van der Waals surface area (Å²) in [6.45, 7) is 0. The number of nitrogens with one attached hydrogen (secondary N) is 1. The zero-order chi connectivity index (χ0) is 14.0. The van der Waals surface area contributed by atoms with Gasteiger partial charge in [0, 0.05) is 6.04 Å². The molecule has 6 nitrogen and oxygen atoms in total. The van der Waals surface area contributed by atoms with Gasteiger partial charge in [0.05, 0.1) is 0 Å². The van der Waals surface area contributed by atoms with Crippen LogP contribution in [0.25, 0.3) is 0 Å². The van der Waals surface area contributed by atoms with Crippen molar-refractivity contribution in [1.82, 2.24) is 5.32 Å². The molecule has 4 N–H and O–H groups in total. The molecule has 0 bridgehead atoms. The summed E-state index contributed by atoms with van der Waals surface area (Å²) in [7, 11) is -4.65. The van der Waals surface area contributed by atoms with Crippen LogP contribution < -0.4 is 5.32 Å². The minimum atomic E-state index is -4.65. The van der Waals surface area contributed by atoms with E-state index in [0.29, 0.717) is 0 Å². The Labute approximate surface area is 112 Å². The minimum Gasteiger partial charge on any atom is -0.480 e. The van der Waals surface area contributed by atoms with Gasteiger partial charge in [-0.25, -0.2) is 4.79 Å². The van der Waals surface area contributed by atoms with Crippen LogP contribution >= 0.6 is 7.60 Å². The maximum Gasteiger partial charge on any atom is 0.353 e. The number of rotatable bonds is 4. The third kappa shape index (κ3) is 3.78. The van der Waals surface area contributed by atoms with E-state index in [4.69, 9.17) is 14.9 Å². The standard InChI is InChI=1S/C12H22NO5P/c14-12(15)11(19(16,17)18)13-10-6-4-8-2-1-3-9(8)5-7-10/h8-11,13H,1-7H2,(H,14,15)(H2,16,17,18). The van der Waals surface area contributed by atoms with Gasteiger partial charge >= 0.3 is 13.6 Å². The predicted octanol–water partition coefficient (Wildman–Crippen LogP) is 1.52. The lowest BCUT2D eigenvalue weighted by molar-refractivity contribution is -0.137. The Kier molecular flexibility index (Phi) is 4.66. The maximum absolute atomic E-state index is 11.2. The van der Waals surface area contributed by atoms with E-state index in [0.717, 1.165) is 37.5 Å². The fourth-order valence-electron chi connectivity index (χ4n) is 3.55. The molecule has 2 rings (SSSR count). The highest BCUT2D eigenvalue weighted by molar-refractivity contribution is 7.53. The minimum absolute atomic E-state index is 0.0978. The number of carboxylic acids is 1. The smallest absolute Gasteiger partial charge is 0.353 e. The lowest BCUT2D eigenvalue weighted by atomic mass is 9.92. The summed E-state index contributed by atoms with van der Waals surface area (Å²) in [5.74, 6) is -1.79. The van der Waals surface area contributed by atoms with Crippen LogP contribution in [0.4, 0.5) is 0 Å². The highest BCUT2D eigenvalue weighted by Gasteiger charge is 2.38. The molecule has 2 aliphatic carbocycles. The summed E-state index contributed by atoms with van der Waals surface area (Å²) in [6.07, 6.45) is 7.48. The molecule has 2 saturated carbocycles. The summed E-state index contributed by atoms with van der Waals surface area (Å²) >= 11 is 0. The summed E-state index contributed by atoms with van der Waals surface area (Å²) < 4.78 is 11.2. The molecule has 0 aromatic rings. The number of fused-ring (bicyclic) bond motifs is 1. The quantitative estimate of drug-likeness (QED) is 0.585. The van der Waals surface area contributed by atoms with Crippen LogP contribution in [0.1, 0.15) is 44.9 Å². The van der Waals surface area contributed by atoms with Crippen LogP contribution in [-0.4, -0.2) is 32.7 Å². The molecule has 19 heavy (non-hydrogen) atoms. The summed E-state index contributed by atoms with van der Waals surface area (Å²) in [5, 5.41) is 11.6. The zero-order valence-corrected chi connectivity index (χ0v) is 11.8. The first-order valence-electron chi connectivity index (χ1n) is 6.92. The Morgan fingerprint density at radius 1 is 1.05 bits per heavy atom. The average Bonchev–Trinajstić information content (AvgIpc) is 2.65. The SMILES string of the molecule is O=C(O)C(NC1CCC2CCCC2CC1)P(=O)(O)O. The van der Waals surface area contributed by atoms with Crippen molar-refractivity contribution in [3.05, 3.63) is 0 Å². The fourth-order valence-corrected chi connectivity index (χ4v) is 4.24. The van der Waals surface area contributed by atoms with Crippen molar-refractivity contribution < 1.29 is 24.3 Å².